The zero-order valence-electron chi connectivity index (χ0n) is 5.47. The van der Waals surface area contributed by atoms with E-state index < -0.39 is 0 Å². The predicted molar refractivity (Wildman–Crippen MR) is 35.4 cm³/mol. The summed E-state index contributed by atoms with van der Waals surface area (Å²) in [5.74, 6) is 0.481. The molecular formula is C6H10N2. The molecule has 2 nitrogen and oxygen atoms in total. The smallest absolute Gasteiger partial charge is 0.0459 e. The molecule has 44 valence electrons. The molecule has 0 aromatic heterocycles. The standard InChI is InChI=1S/C6H10N2/c1-4-5(2)7-8-6(4)3/h4H,1-3H3. The molecule has 0 unspecified atom stereocenters. The summed E-state index contributed by atoms with van der Waals surface area (Å²) in [4.78, 5) is 0. The second-order valence-electron chi connectivity index (χ2n) is 2.20. The predicted octanol–water partition coefficient (Wildman–Crippen LogP) is 1.47. The van der Waals surface area contributed by atoms with E-state index in [4.69, 9.17) is 0 Å². The van der Waals surface area contributed by atoms with Gasteiger partial charge in [0.25, 0.3) is 0 Å². The van der Waals surface area contributed by atoms with E-state index in [1.165, 1.54) is 0 Å². The summed E-state index contributed by atoms with van der Waals surface area (Å²) in [6.45, 7) is 6.12. The van der Waals surface area contributed by atoms with Gasteiger partial charge in [-0.2, -0.15) is 10.2 Å². The molecule has 8 heavy (non-hydrogen) atoms. The van der Waals surface area contributed by atoms with Gasteiger partial charge in [0.05, 0.1) is 0 Å². The maximum absolute atomic E-state index is 3.90. The Labute approximate surface area is 49.3 Å². The Hall–Kier alpha value is -0.660. The summed E-state index contributed by atoms with van der Waals surface area (Å²) in [7, 11) is 0. The maximum atomic E-state index is 3.90. The highest BCUT2D eigenvalue weighted by molar-refractivity contribution is 6.07. The van der Waals surface area contributed by atoms with E-state index in [1.54, 1.807) is 0 Å². The molecule has 0 amide bonds. The number of rotatable bonds is 0. The largest absolute Gasteiger partial charge is 0.160 e. The normalized spacial score (nSPS) is 20.9. The lowest BCUT2D eigenvalue weighted by molar-refractivity contribution is 1.07. The molecule has 0 N–H and O–H groups in total. The van der Waals surface area contributed by atoms with Crippen molar-refractivity contribution in [2.75, 3.05) is 0 Å². The van der Waals surface area contributed by atoms with Gasteiger partial charge in [-0.3, -0.25) is 0 Å². The summed E-state index contributed by atoms with van der Waals surface area (Å²) >= 11 is 0. The van der Waals surface area contributed by atoms with E-state index in [2.05, 4.69) is 17.1 Å². The van der Waals surface area contributed by atoms with Gasteiger partial charge in [-0.1, -0.05) is 6.92 Å². The van der Waals surface area contributed by atoms with Crippen LogP contribution in [0.25, 0.3) is 0 Å². The van der Waals surface area contributed by atoms with Crippen LogP contribution >= 0.6 is 0 Å². The van der Waals surface area contributed by atoms with E-state index in [0.29, 0.717) is 5.92 Å². The van der Waals surface area contributed by atoms with Crippen LogP contribution in [0.5, 0.6) is 0 Å². The summed E-state index contributed by atoms with van der Waals surface area (Å²) in [6, 6.07) is 0. The average Bonchev–Trinajstić information content (AvgIpc) is 1.98. The monoisotopic (exact) mass is 110 g/mol. The van der Waals surface area contributed by atoms with Crippen LogP contribution in [0, 0.1) is 5.92 Å². The molecule has 2 heteroatoms. The van der Waals surface area contributed by atoms with Crippen LogP contribution in [-0.2, 0) is 0 Å². The Morgan fingerprint density at radius 1 is 1.12 bits per heavy atom. The molecule has 0 saturated carbocycles. The Bertz CT molecular complexity index is 138. The second-order valence-corrected chi connectivity index (χ2v) is 2.20. The molecule has 0 saturated heterocycles. The van der Waals surface area contributed by atoms with Crippen molar-refractivity contribution in [3.8, 4) is 0 Å². The number of hydrogen-bond acceptors (Lipinski definition) is 2. The zero-order chi connectivity index (χ0) is 6.15. The Kier molecular flexibility index (Phi) is 1.16. The molecule has 0 aromatic rings. The number of hydrogen-bond donors (Lipinski definition) is 0. The van der Waals surface area contributed by atoms with Crippen LogP contribution in [0.3, 0.4) is 0 Å². The van der Waals surface area contributed by atoms with Gasteiger partial charge in [-0.25, -0.2) is 0 Å². The van der Waals surface area contributed by atoms with E-state index >= 15 is 0 Å². The van der Waals surface area contributed by atoms with Gasteiger partial charge in [0.1, 0.15) is 0 Å². The first-order chi connectivity index (χ1) is 3.72. The van der Waals surface area contributed by atoms with Crippen molar-refractivity contribution >= 4 is 11.4 Å². The summed E-state index contributed by atoms with van der Waals surface area (Å²) < 4.78 is 0. The van der Waals surface area contributed by atoms with Crippen molar-refractivity contribution in [2.45, 2.75) is 20.8 Å². The van der Waals surface area contributed by atoms with Gasteiger partial charge in [-0.15, -0.1) is 0 Å². The Morgan fingerprint density at radius 3 is 1.62 bits per heavy atom. The van der Waals surface area contributed by atoms with E-state index in [0.717, 1.165) is 11.4 Å². The lowest BCUT2D eigenvalue weighted by atomic mass is 10.0. The minimum absolute atomic E-state index is 0.481. The minimum atomic E-state index is 0.481. The first-order valence-electron chi connectivity index (χ1n) is 2.80. The molecule has 0 aromatic carbocycles. The minimum Gasteiger partial charge on any atom is -0.160 e. The molecule has 0 spiro atoms. The molecule has 1 rings (SSSR count). The highest BCUT2D eigenvalue weighted by Crippen LogP contribution is 2.08. The van der Waals surface area contributed by atoms with Gasteiger partial charge in [0.2, 0.25) is 0 Å². The fourth-order valence-corrected chi connectivity index (χ4v) is 0.633. The molecule has 1 aliphatic rings. The van der Waals surface area contributed by atoms with Gasteiger partial charge in [-0.05, 0) is 13.8 Å². The van der Waals surface area contributed by atoms with Crippen LogP contribution in [0.2, 0.25) is 0 Å². The number of nitrogens with zero attached hydrogens (tertiary/aromatic N) is 2. The quantitative estimate of drug-likeness (QED) is 0.451. The highest BCUT2D eigenvalue weighted by atomic mass is 15.2. The van der Waals surface area contributed by atoms with Crippen molar-refractivity contribution in [3.05, 3.63) is 0 Å². The highest BCUT2D eigenvalue weighted by Gasteiger charge is 2.13. The Balaban J connectivity index is 2.75. The van der Waals surface area contributed by atoms with Gasteiger partial charge >= 0.3 is 0 Å². The third-order valence-corrected chi connectivity index (χ3v) is 1.62. The SMILES string of the molecule is CC1=NN=C(C)C1C. The molecule has 1 heterocycles. The Morgan fingerprint density at radius 2 is 1.50 bits per heavy atom. The van der Waals surface area contributed by atoms with E-state index in [9.17, 15) is 0 Å². The maximum Gasteiger partial charge on any atom is 0.0459 e. The molecule has 0 radical (unpaired) electrons. The molecule has 0 bridgehead atoms. The van der Waals surface area contributed by atoms with Crippen LogP contribution in [0.15, 0.2) is 10.2 Å². The molecule has 1 aliphatic heterocycles. The van der Waals surface area contributed by atoms with Crippen LogP contribution < -0.4 is 0 Å². The topological polar surface area (TPSA) is 24.7 Å². The van der Waals surface area contributed by atoms with Crippen LogP contribution in [0.4, 0.5) is 0 Å². The van der Waals surface area contributed by atoms with Crippen LogP contribution in [0.1, 0.15) is 20.8 Å². The lowest BCUT2D eigenvalue weighted by Gasteiger charge is -1.98. The first kappa shape index (κ1) is 5.48. The van der Waals surface area contributed by atoms with Gasteiger partial charge in [0.15, 0.2) is 0 Å². The molecule has 0 atom stereocenters. The van der Waals surface area contributed by atoms with Crippen molar-refractivity contribution in [1.29, 1.82) is 0 Å². The van der Waals surface area contributed by atoms with Gasteiger partial charge < -0.3 is 0 Å². The van der Waals surface area contributed by atoms with E-state index in [1.807, 2.05) is 13.8 Å². The third kappa shape index (κ3) is 0.661. The third-order valence-electron chi connectivity index (χ3n) is 1.62. The molecule has 0 aliphatic carbocycles. The van der Waals surface area contributed by atoms with Crippen molar-refractivity contribution < 1.29 is 0 Å². The second kappa shape index (κ2) is 1.69. The van der Waals surface area contributed by atoms with Crippen molar-refractivity contribution in [2.24, 2.45) is 16.1 Å². The molecule has 0 fully saturated rings. The van der Waals surface area contributed by atoms with Crippen molar-refractivity contribution in [3.63, 3.8) is 0 Å². The van der Waals surface area contributed by atoms with Crippen LogP contribution in [-0.4, -0.2) is 11.4 Å². The van der Waals surface area contributed by atoms with Crippen molar-refractivity contribution in [1.82, 2.24) is 0 Å². The fraction of sp³-hybridized carbons (Fsp3) is 0.667. The first-order valence-corrected chi connectivity index (χ1v) is 2.80. The summed E-state index contributed by atoms with van der Waals surface area (Å²) in [5.41, 5.74) is 2.25. The van der Waals surface area contributed by atoms with E-state index in [-0.39, 0.29) is 0 Å². The fourth-order valence-electron chi connectivity index (χ4n) is 0.633. The summed E-state index contributed by atoms with van der Waals surface area (Å²) in [6.07, 6.45) is 0. The lowest BCUT2D eigenvalue weighted by Crippen LogP contribution is -2.09. The molecular weight excluding hydrogens is 100 g/mol. The van der Waals surface area contributed by atoms with Gasteiger partial charge in [0, 0.05) is 17.3 Å². The average molecular weight is 110 g/mol. The summed E-state index contributed by atoms with van der Waals surface area (Å²) in [5, 5.41) is 7.81. The zero-order valence-corrected chi connectivity index (χ0v) is 5.47.